The quantitative estimate of drug-likeness (QED) is 0.441. The van der Waals surface area contributed by atoms with Gasteiger partial charge in [-0.2, -0.15) is 9.47 Å². The summed E-state index contributed by atoms with van der Waals surface area (Å²) in [6, 6.07) is 14.5. The Kier molecular flexibility index (Phi) is 6.32. The summed E-state index contributed by atoms with van der Waals surface area (Å²) < 4.78 is 7.22. The summed E-state index contributed by atoms with van der Waals surface area (Å²) in [6.45, 7) is 7.45. The maximum atomic E-state index is 12.7. The topological polar surface area (TPSA) is 88.9 Å². The van der Waals surface area contributed by atoms with Crippen molar-refractivity contribution in [3.63, 3.8) is 0 Å². The Morgan fingerprint density at radius 1 is 1.06 bits per heavy atom. The third-order valence-corrected chi connectivity index (χ3v) is 6.29. The van der Waals surface area contributed by atoms with Crippen LogP contribution in [0.1, 0.15) is 44.7 Å². The van der Waals surface area contributed by atoms with Gasteiger partial charge in [0.15, 0.2) is 0 Å². The molecule has 0 bridgehead atoms. The fraction of sp³-hybridized carbons (Fsp3) is 0.250. The highest BCUT2D eigenvalue weighted by atomic mass is 32.1. The Balaban J connectivity index is 1.39. The van der Waals surface area contributed by atoms with Gasteiger partial charge in [-0.25, -0.2) is 0 Å². The lowest BCUT2D eigenvalue weighted by Crippen LogP contribution is -2.26. The van der Waals surface area contributed by atoms with Crippen molar-refractivity contribution in [1.82, 2.24) is 19.5 Å². The first kappa shape index (κ1) is 21.7. The van der Waals surface area contributed by atoms with Crippen molar-refractivity contribution in [2.75, 3.05) is 11.9 Å². The van der Waals surface area contributed by atoms with Crippen LogP contribution in [0.3, 0.4) is 0 Å². The molecule has 2 aromatic carbocycles. The molecule has 0 aliphatic rings. The zero-order valence-electron chi connectivity index (χ0n) is 18.3. The third-order valence-electron chi connectivity index (χ3n) is 5.47. The van der Waals surface area contributed by atoms with Crippen LogP contribution in [0.4, 0.5) is 5.69 Å². The zero-order chi connectivity index (χ0) is 22.7. The van der Waals surface area contributed by atoms with Crippen LogP contribution in [0.25, 0.3) is 10.1 Å². The molecule has 0 saturated carbocycles. The van der Waals surface area contributed by atoms with Crippen molar-refractivity contribution in [2.45, 2.75) is 33.7 Å². The second-order valence-electron chi connectivity index (χ2n) is 7.53. The molecule has 2 heterocycles. The number of nitrogens with one attached hydrogen (secondary N) is 2. The van der Waals surface area contributed by atoms with Crippen LogP contribution in [0.5, 0.6) is 0 Å². The van der Waals surface area contributed by atoms with Crippen molar-refractivity contribution in [1.29, 1.82) is 0 Å². The van der Waals surface area contributed by atoms with Crippen LogP contribution in [-0.4, -0.2) is 32.5 Å². The predicted molar refractivity (Wildman–Crippen MR) is 127 cm³/mol. The molecule has 7 nitrogen and oxygen atoms in total. The monoisotopic (exact) mass is 447 g/mol. The van der Waals surface area contributed by atoms with Crippen LogP contribution < -0.4 is 10.6 Å². The van der Waals surface area contributed by atoms with Crippen molar-refractivity contribution in [3.05, 3.63) is 76.7 Å². The molecule has 0 aliphatic carbocycles. The Morgan fingerprint density at radius 3 is 2.66 bits per heavy atom. The molecule has 0 saturated heterocycles. The largest absolute Gasteiger partial charge is 0.352 e. The standard InChI is InChI=1S/C24H25N5O2S/c1-4-29-16(3)19(15(2)27-29)12-13-25-23(30)17-8-7-9-18(14-17)26-24(31)22-20-10-5-6-11-21(20)32-28-22/h5-11,14H,4,12-13H2,1-3H3,(H,25,30)(H,26,31). The molecular formula is C24H25N5O2S. The Bertz CT molecular complexity index is 1290. The maximum absolute atomic E-state index is 12.7. The number of rotatable bonds is 7. The number of anilines is 1. The number of benzene rings is 2. The van der Waals surface area contributed by atoms with Gasteiger partial charge in [0.1, 0.15) is 5.69 Å². The molecule has 2 aromatic heterocycles. The van der Waals surface area contributed by atoms with Crippen LogP contribution in [-0.2, 0) is 13.0 Å². The van der Waals surface area contributed by atoms with Crippen molar-refractivity contribution in [3.8, 4) is 0 Å². The number of carbonyl (C=O) groups excluding carboxylic acids is 2. The smallest absolute Gasteiger partial charge is 0.276 e. The molecule has 2 N–H and O–H groups in total. The van der Waals surface area contributed by atoms with Gasteiger partial charge in [-0.3, -0.25) is 14.3 Å². The minimum Gasteiger partial charge on any atom is -0.352 e. The lowest BCUT2D eigenvalue weighted by molar-refractivity contribution is 0.0952. The molecular weight excluding hydrogens is 422 g/mol. The summed E-state index contributed by atoms with van der Waals surface area (Å²) in [5.74, 6) is -0.475. The van der Waals surface area contributed by atoms with Gasteiger partial charge in [0.25, 0.3) is 11.8 Å². The van der Waals surface area contributed by atoms with E-state index in [0.29, 0.717) is 23.5 Å². The van der Waals surface area contributed by atoms with Crippen LogP contribution in [0, 0.1) is 13.8 Å². The average molecular weight is 448 g/mol. The SMILES string of the molecule is CCn1nc(C)c(CCNC(=O)c2cccc(NC(=O)c3nsc4ccccc34)c2)c1C. The summed E-state index contributed by atoms with van der Waals surface area (Å²) in [5, 5.41) is 11.2. The number of hydrogen-bond donors (Lipinski definition) is 2. The molecule has 8 heteroatoms. The van der Waals surface area contributed by atoms with Crippen LogP contribution in [0.2, 0.25) is 0 Å². The fourth-order valence-corrected chi connectivity index (χ4v) is 4.56. The van der Waals surface area contributed by atoms with Crippen LogP contribution in [0.15, 0.2) is 48.5 Å². The summed E-state index contributed by atoms with van der Waals surface area (Å²) in [7, 11) is 0. The number of nitrogens with zero attached hydrogens (tertiary/aromatic N) is 3. The van der Waals surface area contributed by atoms with Crippen LogP contribution >= 0.6 is 11.5 Å². The number of carbonyl (C=O) groups is 2. The van der Waals surface area contributed by atoms with Gasteiger partial charge in [-0.05, 0) is 68.6 Å². The molecule has 0 aliphatic heterocycles. The lowest BCUT2D eigenvalue weighted by atomic mass is 10.1. The van der Waals surface area contributed by atoms with E-state index in [1.807, 2.05) is 35.9 Å². The Morgan fingerprint density at radius 2 is 1.88 bits per heavy atom. The van der Waals surface area contributed by atoms with Crippen molar-refractivity contribution in [2.24, 2.45) is 0 Å². The maximum Gasteiger partial charge on any atom is 0.276 e. The first-order chi connectivity index (χ1) is 15.5. The molecule has 4 aromatic rings. The van der Waals surface area contributed by atoms with Gasteiger partial charge in [0.05, 0.1) is 10.4 Å². The molecule has 164 valence electrons. The van der Waals surface area contributed by atoms with E-state index in [1.54, 1.807) is 24.3 Å². The minimum absolute atomic E-state index is 0.182. The predicted octanol–water partition coefficient (Wildman–Crippen LogP) is 4.35. The Hall–Kier alpha value is -3.52. The number of fused-ring (bicyclic) bond motifs is 1. The summed E-state index contributed by atoms with van der Waals surface area (Å²) in [6.07, 6.45) is 0.719. The van der Waals surface area contributed by atoms with E-state index in [4.69, 9.17) is 0 Å². The molecule has 0 unspecified atom stereocenters. The van der Waals surface area contributed by atoms with E-state index < -0.39 is 0 Å². The van der Waals surface area contributed by atoms with E-state index in [-0.39, 0.29) is 11.8 Å². The number of aryl methyl sites for hydroxylation is 2. The molecule has 4 rings (SSSR count). The fourth-order valence-electron chi connectivity index (χ4n) is 3.78. The molecule has 0 spiro atoms. The Labute approximate surface area is 190 Å². The number of amides is 2. The third kappa shape index (κ3) is 4.40. The molecule has 0 radical (unpaired) electrons. The summed E-state index contributed by atoms with van der Waals surface area (Å²) in [4.78, 5) is 25.4. The highest BCUT2D eigenvalue weighted by Gasteiger charge is 2.15. The van der Waals surface area contributed by atoms with Crippen molar-refractivity contribution < 1.29 is 9.59 Å². The highest BCUT2D eigenvalue weighted by molar-refractivity contribution is 7.13. The molecule has 32 heavy (non-hydrogen) atoms. The highest BCUT2D eigenvalue weighted by Crippen LogP contribution is 2.23. The second-order valence-corrected chi connectivity index (χ2v) is 8.34. The van der Waals surface area contributed by atoms with E-state index in [0.717, 1.165) is 34.4 Å². The van der Waals surface area contributed by atoms with Crippen molar-refractivity contribution >= 4 is 39.1 Å². The minimum atomic E-state index is -0.293. The van der Waals surface area contributed by atoms with Gasteiger partial charge in [-0.15, -0.1) is 0 Å². The summed E-state index contributed by atoms with van der Waals surface area (Å²) >= 11 is 1.29. The molecule has 0 atom stereocenters. The van der Waals surface area contributed by atoms with E-state index in [2.05, 4.69) is 34.0 Å². The normalized spacial score (nSPS) is 11.0. The second kappa shape index (κ2) is 9.32. The first-order valence-electron chi connectivity index (χ1n) is 10.5. The zero-order valence-corrected chi connectivity index (χ0v) is 19.1. The lowest BCUT2D eigenvalue weighted by Gasteiger charge is -2.08. The number of aromatic nitrogens is 3. The van der Waals surface area contributed by atoms with Gasteiger partial charge in [-0.1, -0.05) is 24.3 Å². The summed E-state index contributed by atoms with van der Waals surface area (Å²) in [5.41, 5.74) is 4.73. The van der Waals surface area contributed by atoms with Gasteiger partial charge in [0.2, 0.25) is 0 Å². The van der Waals surface area contributed by atoms with Gasteiger partial charge in [0, 0.05) is 35.4 Å². The van der Waals surface area contributed by atoms with E-state index >= 15 is 0 Å². The van der Waals surface area contributed by atoms with Gasteiger partial charge >= 0.3 is 0 Å². The van der Waals surface area contributed by atoms with Gasteiger partial charge < -0.3 is 10.6 Å². The van der Waals surface area contributed by atoms with E-state index in [9.17, 15) is 9.59 Å². The first-order valence-corrected chi connectivity index (χ1v) is 11.3. The molecule has 2 amide bonds. The van der Waals surface area contributed by atoms with E-state index in [1.165, 1.54) is 17.1 Å². The number of hydrogen-bond acceptors (Lipinski definition) is 5. The average Bonchev–Trinajstić information content (AvgIpc) is 3.35. The molecule has 0 fully saturated rings.